The number of nitrogens with zero attached hydrogens (tertiary/aromatic N) is 3. The van der Waals surface area contributed by atoms with Crippen LogP contribution in [0.1, 0.15) is 31.3 Å². The lowest BCUT2D eigenvalue weighted by Gasteiger charge is -2.07. The lowest BCUT2D eigenvalue weighted by atomic mass is 10.1. The minimum absolute atomic E-state index is 0.208. The maximum atomic E-state index is 12.4. The van der Waals surface area contributed by atoms with Crippen molar-refractivity contribution in [3.8, 4) is 11.1 Å². The molecule has 0 aliphatic carbocycles. The Balaban J connectivity index is 2.27. The highest BCUT2D eigenvalue weighted by atomic mass is 19.4. The molecule has 0 aliphatic rings. The van der Waals surface area contributed by atoms with Crippen LogP contribution in [0.15, 0.2) is 30.7 Å². The zero-order chi connectivity index (χ0) is 14.0. The van der Waals surface area contributed by atoms with Crippen molar-refractivity contribution < 1.29 is 13.2 Å². The van der Waals surface area contributed by atoms with Crippen molar-refractivity contribution in [2.45, 2.75) is 25.9 Å². The second-order valence-electron chi connectivity index (χ2n) is 4.41. The molecule has 2 aromatic heterocycles. The van der Waals surface area contributed by atoms with E-state index in [2.05, 4.69) is 15.0 Å². The van der Waals surface area contributed by atoms with Gasteiger partial charge in [-0.05, 0) is 6.07 Å². The Bertz CT molecular complexity index is 545. The van der Waals surface area contributed by atoms with Crippen LogP contribution >= 0.6 is 0 Å². The Morgan fingerprint density at radius 1 is 0.895 bits per heavy atom. The third kappa shape index (κ3) is 3.07. The Kier molecular flexibility index (Phi) is 3.50. The summed E-state index contributed by atoms with van der Waals surface area (Å²) in [5.41, 5.74) is 0.296. The van der Waals surface area contributed by atoms with Gasteiger partial charge in [0.2, 0.25) is 0 Å². The van der Waals surface area contributed by atoms with Gasteiger partial charge < -0.3 is 0 Å². The average molecular weight is 267 g/mol. The molecule has 0 unspecified atom stereocenters. The van der Waals surface area contributed by atoms with Crippen molar-refractivity contribution in [2.75, 3.05) is 0 Å². The predicted molar refractivity (Wildman–Crippen MR) is 64.4 cm³/mol. The number of halogens is 3. The van der Waals surface area contributed by atoms with Crippen LogP contribution in [0.25, 0.3) is 11.1 Å². The fraction of sp³-hybridized carbons (Fsp3) is 0.308. The second kappa shape index (κ2) is 4.95. The second-order valence-corrected chi connectivity index (χ2v) is 4.41. The summed E-state index contributed by atoms with van der Waals surface area (Å²) in [7, 11) is 0. The first-order valence-electron chi connectivity index (χ1n) is 5.73. The number of hydrogen-bond donors (Lipinski definition) is 0. The minimum atomic E-state index is -4.42. The number of pyridine rings is 1. The molecule has 0 bridgehead atoms. The first-order chi connectivity index (χ1) is 8.88. The quantitative estimate of drug-likeness (QED) is 0.833. The van der Waals surface area contributed by atoms with Crippen molar-refractivity contribution in [3.63, 3.8) is 0 Å². The summed E-state index contributed by atoms with van der Waals surface area (Å²) in [6.07, 6.45) is -0.0632. The zero-order valence-electron chi connectivity index (χ0n) is 10.4. The van der Waals surface area contributed by atoms with Crippen LogP contribution in [-0.2, 0) is 6.18 Å². The summed E-state index contributed by atoms with van der Waals surface area (Å²) in [6, 6.07) is 2.31. The average Bonchev–Trinajstić information content (AvgIpc) is 2.38. The molecule has 0 amide bonds. The molecule has 0 N–H and O–H groups in total. The van der Waals surface area contributed by atoms with Gasteiger partial charge in [-0.25, -0.2) is 9.97 Å². The first kappa shape index (κ1) is 13.5. The highest BCUT2D eigenvalue weighted by Gasteiger charge is 2.32. The lowest BCUT2D eigenvalue weighted by Crippen LogP contribution is -2.07. The number of aromatic nitrogens is 3. The van der Waals surface area contributed by atoms with E-state index in [1.165, 1.54) is 12.3 Å². The van der Waals surface area contributed by atoms with Gasteiger partial charge >= 0.3 is 6.18 Å². The van der Waals surface area contributed by atoms with E-state index in [4.69, 9.17) is 0 Å². The topological polar surface area (TPSA) is 38.7 Å². The van der Waals surface area contributed by atoms with Gasteiger partial charge in [-0.15, -0.1) is 0 Å². The molecular formula is C13H12F3N3. The molecule has 19 heavy (non-hydrogen) atoms. The molecule has 2 rings (SSSR count). The molecule has 0 saturated heterocycles. The van der Waals surface area contributed by atoms with Crippen LogP contribution in [-0.4, -0.2) is 15.0 Å². The monoisotopic (exact) mass is 267 g/mol. The van der Waals surface area contributed by atoms with Crippen molar-refractivity contribution in [2.24, 2.45) is 0 Å². The predicted octanol–water partition coefficient (Wildman–Crippen LogP) is 3.68. The summed E-state index contributed by atoms with van der Waals surface area (Å²) < 4.78 is 37.1. The summed E-state index contributed by atoms with van der Waals surface area (Å²) in [6.45, 7) is 3.93. The largest absolute Gasteiger partial charge is 0.433 e. The molecule has 0 spiro atoms. The third-order valence-electron chi connectivity index (χ3n) is 2.58. The Labute approximate surface area is 108 Å². The molecule has 0 fully saturated rings. The van der Waals surface area contributed by atoms with Crippen molar-refractivity contribution >= 4 is 0 Å². The smallest absolute Gasteiger partial charge is 0.251 e. The van der Waals surface area contributed by atoms with E-state index in [1.807, 2.05) is 13.8 Å². The van der Waals surface area contributed by atoms with Gasteiger partial charge in [-0.1, -0.05) is 19.9 Å². The van der Waals surface area contributed by atoms with Gasteiger partial charge in [0.1, 0.15) is 11.5 Å². The number of hydrogen-bond acceptors (Lipinski definition) is 3. The van der Waals surface area contributed by atoms with Gasteiger partial charge in [-0.3, -0.25) is 4.98 Å². The molecule has 6 heteroatoms. The van der Waals surface area contributed by atoms with Crippen molar-refractivity contribution in [1.82, 2.24) is 15.0 Å². The Morgan fingerprint density at radius 2 is 1.47 bits per heavy atom. The van der Waals surface area contributed by atoms with Crippen LogP contribution in [0.2, 0.25) is 0 Å². The lowest BCUT2D eigenvalue weighted by molar-refractivity contribution is -0.141. The van der Waals surface area contributed by atoms with Gasteiger partial charge in [0.25, 0.3) is 0 Å². The molecule has 0 atom stereocenters. The third-order valence-corrected chi connectivity index (χ3v) is 2.58. The molecule has 100 valence electrons. The highest BCUT2D eigenvalue weighted by molar-refractivity contribution is 5.60. The summed E-state index contributed by atoms with van der Waals surface area (Å²) in [5.74, 6) is 0.906. The van der Waals surface area contributed by atoms with Crippen LogP contribution in [0.3, 0.4) is 0 Å². The van der Waals surface area contributed by atoms with E-state index in [0.717, 1.165) is 6.07 Å². The normalized spacial score (nSPS) is 11.9. The van der Waals surface area contributed by atoms with Gasteiger partial charge in [0, 0.05) is 35.6 Å². The van der Waals surface area contributed by atoms with Crippen LogP contribution in [0, 0.1) is 0 Å². The SMILES string of the molecule is CC(C)c1ncc(-c2ccc(C(F)(F)F)nc2)cn1. The van der Waals surface area contributed by atoms with Crippen molar-refractivity contribution in [3.05, 3.63) is 42.2 Å². The Hall–Kier alpha value is -1.98. The molecule has 3 nitrogen and oxygen atoms in total. The molecule has 0 aliphatic heterocycles. The number of rotatable bonds is 2. The van der Waals surface area contributed by atoms with E-state index < -0.39 is 11.9 Å². The summed E-state index contributed by atoms with van der Waals surface area (Å²) >= 11 is 0. The maximum absolute atomic E-state index is 12.4. The van der Waals surface area contributed by atoms with E-state index >= 15 is 0 Å². The molecular weight excluding hydrogens is 255 g/mol. The van der Waals surface area contributed by atoms with E-state index in [0.29, 0.717) is 17.0 Å². The van der Waals surface area contributed by atoms with Crippen molar-refractivity contribution in [1.29, 1.82) is 0 Å². The minimum Gasteiger partial charge on any atom is -0.251 e. The molecule has 0 saturated carbocycles. The first-order valence-corrected chi connectivity index (χ1v) is 5.73. The van der Waals surface area contributed by atoms with Gasteiger partial charge in [-0.2, -0.15) is 13.2 Å². The summed E-state index contributed by atoms with van der Waals surface area (Å²) in [4.78, 5) is 11.7. The number of alkyl halides is 3. The van der Waals surface area contributed by atoms with E-state index in [9.17, 15) is 13.2 Å². The van der Waals surface area contributed by atoms with Crippen LogP contribution in [0.4, 0.5) is 13.2 Å². The molecule has 2 heterocycles. The fourth-order valence-corrected chi connectivity index (χ4v) is 1.52. The van der Waals surface area contributed by atoms with E-state index in [-0.39, 0.29) is 5.92 Å². The Morgan fingerprint density at radius 3 is 1.89 bits per heavy atom. The summed E-state index contributed by atoms with van der Waals surface area (Å²) in [5, 5.41) is 0. The zero-order valence-corrected chi connectivity index (χ0v) is 10.4. The molecule has 0 radical (unpaired) electrons. The maximum Gasteiger partial charge on any atom is 0.433 e. The van der Waals surface area contributed by atoms with Crippen LogP contribution in [0.5, 0.6) is 0 Å². The standard InChI is InChI=1S/C13H12F3N3/c1-8(2)12-18-6-10(7-19-12)9-3-4-11(17-5-9)13(14,15)16/h3-8H,1-2H3. The molecule has 0 aromatic carbocycles. The fourth-order valence-electron chi connectivity index (χ4n) is 1.52. The molecule has 2 aromatic rings. The van der Waals surface area contributed by atoms with Gasteiger partial charge in [0.05, 0.1) is 0 Å². The van der Waals surface area contributed by atoms with Gasteiger partial charge in [0.15, 0.2) is 0 Å². The highest BCUT2D eigenvalue weighted by Crippen LogP contribution is 2.28. The van der Waals surface area contributed by atoms with Crippen LogP contribution < -0.4 is 0 Å². The van der Waals surface area contributed by atoms with E-state index in [1.54, 1.807) is 12.4 Å².